The quantitative estimate of drug-likeness (QED) is 0.731. The van der Waals surface area contributed by atoms with Gasteiger partial charge in [0.1, 0.15) is 0 Å². The summed E-state index contributed by atoms with van der Waals surface area (Å²) in [4.78, 5) is 14.2. The second-order valence-electron chi connectivity index (χ2n) is 5.36. The van der Waals surface area contributed by atoms with E-state index < -0.39 is 0 Å². The van der Waals surface area contributed by atoms with E-state index in [0.717, 1.165) is 12.5 Å². The van der Waals surface area contributed by atoms with Gasteiger partial charge < -0.3 is 10.2 Å². The maximum Gasteiger partial charge on any atom is 0.317 e. The van der Waals surface area contributed by atoms with Crippen LogP contribution in [0.5, 0.6) is 0 Å². The van der Waals surface area contributed by atoms with E-state index in [1.807, 2.05) is 0 Å². The first-order chi connectivity index (χ1) is 8.31. The number of carbonyl (C=O) groups is 1. The van der Waals surface area contributed by atoms with Crippen LogP contribution < -0.4 is 5.32 Å². The lowest BCUT2D eigenvalue weighted by Gasteiger charge is -2.34. The van der Waals surface area contributed by atoms with E-state index in [0.29, 0.717) is 12.6 Å². The molecule has 2 fully saturated rings. The highest BCUT2D eigenvalue weighted by Crippen LogP contribution is 2.32. The van der Waals surface area contributed by atoms with Gasteiger partial charge in [-0.05, 0) is 31.6 Å². The number of hydrogen-bond donors (Lipinski definition) is 1. The van der Waals surface area contributed by atoms with Gasteiger partial charge in [-0.25, -0.2) is 4.79 Å². The Morgan fingerprint density at radius 3 is 2.53 bits per heavy atom. The van der Waals surface area contributed by atoms with Gasteiger partial charge in [-0.2, -0.15) is 0 Å². The van der Waals surface area contributed by atoms with E-state index in [-0.39, 0.29) is 6.03 Å². The minimum absolute atomic E-state index is 0.115. The Kier molecular flexibility index (Phi) is 4.46. The van der Waals surface area contributed by atoms with Crippen molar-refractivity contribution in [1.29, 1.82) is 0 Å². The standard InChI is InChI=1S/C14H24N2O/c1-2-10-15-14(17)16(11-12-8-9-12)13-6-4-3-5-7-13/h2,12-13H,1,3-11H2,(H,15,17). The maximum atomic E-state index is 12.1. The smallest absolute Gasteiger partial charge is 0.317 e. The van der Waals surface area contributed by atoms with Gasteiger partial charge in [-0.3, -0.25) is 0 Å². The van der Waals surface area contributed by atoms with Crippen LogP contribution in [0.3, 0.4) is 0 Å². The summed E-state index contributed by atoms with van der Waals surface area (Å²) in [6, 6.07) is 0.595. The van der Waals surface area contributed by atoms with E-state index in [2.05, 4.69) is 16.8 Å². The van der Waals surface area contributed by atoms with Crippen LogP contribution in [-0.2, 0) is 0 Å². The van der Waals surface area contributed by atoms with Crippen LogP contribution >= 0.6 is 0 Å². The fraction of sp³-hybridized carbons (Fsp3) is 0.786. The molecule has 0 atom stereocenters. The molecule has 96 valence electrons. The molecule has 0 heterocycles. The average Bonchev–Trinajstić information content (AvgIpc) is 3.18. The zero-order valence-electron chi connectivity index (χ0n) is 10.7. The third-order valence-electron chi connectivity index (χ3n) is 3.83. The summed E-state index contributed by atoms with van der Waals surface area (Å²) in [5.74, 6) is 0.770. The summed E-state index contributed by atoms with van der Waals surface area (Å²) >= 11 is 0. The van der Waals surface area contributed by atoms with Gasteiger partial charge in [-0.15, -0.1) is 6.58 Å². The molecule has 17 heavy (non-hydrogen) atoms. The molecule has 0 aromatic carbocycles. The lowest BCUT2D eigenvalue weighted by atomic mass is 9.94. The topological polar surface area (TPSA) is 32.3 Å². The molecule has 2 amide bonds. The van der Waals surface area contributed by atoms with Gasteiger partial charge in [0.2, 0.25) is 0 Å². The SMILES string of the molecule is C=CCNC(=O)N(CC1CC1)C1CCCCC1. The van der Waals surface area contributed by atoms with E-state index in [9.17, 15) is 4.79 Å². The predicted molar refractivity (Wildman–Crippen MR) is 69.9 cm³/mol. The molecule has 3 nitrogen and oxygen atoms in total. The van der Waals surface area contributed by atoms with Crippen LogP contribution in [0.1, 0.15) is 44.9 Å². The summed E-state index contributed by atoms with van der Waals surface area (Å²) in [6.07, 6.45) is 10.6. The van der Waals surface area contributed by atoms with Gasteiger partial charge in [0.25, 0.3) is 0 Å². The molecule has 0 aromatic heterocycles. The van der Waals surface area contributed by atoms with Crippen LogP contribution in [0, 0.1) is 5.92 Å². The zero-order valence-corrected chi connectivity index (χ0v) is 10.7. The summed E-state index contributed by atoms with van der Waals surface area (Å²) in [6.45, 7) is 5.19. The summed E-state index contributed by atoms with van der Waals surface area (Å²) < 4.78 is 0. The largest absolute Gasteiger partial charge is 0.335 e. The molecule has 0 aliphatic heterocycles. The second kappa shape index (κ2) is 6.08. The van der Waals surface area contributed by atoms with Crippen molar-refractivity contribution < 1.29 is 4.79 Å². The molecule has 2 rings (SSSR count). The summed E-state index contributed by atoms with van der Waals surface area (Å²) in [5.41, 5.74) is 0. The van der Waals surface area contributed by atoms with E-state index in [1.165, 1.54) is 44.9 Å². The van der Waals surface area contributed by atoms with Crippen LogP contribution in [0.4, 0.5) is 4.79 Å². The number of nitrogens with one attached hydrogen (secondary N) is 1. The number of hydrogen-bond acceptors (Lipinski definition) is 1. The minimum atomic E-state index is 0.115. The Morgan fingerprint density at radius 1 is 1.24 bits per heavy atom. The Morgan fingerprint density at radius 2 is 1.94 bits per heavy atom. The molecule has 3 heteroatoms. The van der Waals surface area contributed by atoms with Crippen molar-refractivity contribution in [1.82, 2.24) is 10.2 Å². The van der Waals surface area contributed by atoms with Crippen molar-refractivity contribution >= 4 is 6.03 Å². The molecule has 0 spiro atoms. The Balaban J connectivity index is 1.90. The highest BCUT2D eigenvalue weighted by Gasteiger charge is 2.31. The monoisotopic (exact) mass is 236 g/mol. The van der Waals surface area contributed by atoms with E-state index in [4.69, 9.17) is 0 Å². The predicted octanol–water partition coefficient (Wildman–Crippen LogP) is 2.93. The number of rotatable bonds is 5. The lowest BCUT2D eigenvalue weighted by molar-refractivity contribution is 0.152. The molecule has 0 aromatic rings. The molecule has 0 unspecified atom stereocenters. The van der Waals surface area contributed by atoms with Crippen molar-refractivity contribution in [2.45, 2.75) is 51.0 Å². The molecule has 1 N–H and O–H groups in total. The van der Waals surface area contributed by atoms with Gasteiger partial charge in [0.15, 0.2) is 0 Å². The van der Waals surface area contributed by atoms with Crippen molar-refractivity contribution in [2.75, 3.05) is 13.1 Å². The van der Waals surface area contributed by atoms with Gasteiger partial charge in [0, 0.05) is 19.1 Å². The summed E-state index contributed by atoms with van der Waals surface area (Å²) in [7, 11) is 0. The fourth-order valence-corrected chi connectivity index (χ4v) is 2.63. The van der Waals surface area contributed by atoms with Crippen molar-refractivity contribution in [2.24, 2.45) is 5.92 Å². The zero-order chi connectivity index (χ0) is 12.1. The molecule has 2 saturated carbocycles. The Hall–Kier alpha value is -0.990. The molecule has 0 saturated heterocycles. The fourth-order valence-electron chi connectivity index (χ4n) is 2.63. The minimum Gasteiger partial charge on any atom is -0.335 e. The third-order valence-corrected chi connectivity index (χ3v) is 3.83. The van der Waals surface area contributed by atoms with Gasteiger partial charge >= 0.3 is 6.03 Å². The number of nitrogens with zero attached hydrogens (tertiary/aromatic N) is 1. The molecule has 0 bridgehead atoms. The highest BCUT2D eigenvalue weighted by molar-refractivity contribution is 5.74. The first kappa shape index (κ1) is 12.5. The first-order valence-electron chi connectivity index (χ1n) is 6.96. The van der Waals surface area contributed by atoms with Crippen molar-refractivity contribution in [3.63, 3.8) is 0 Å². The average molecular weight is 236 g/mol. The first-order valence-corrected chi connectivity index (χ1v) is 6.96. The van der Waals surface area contributed by atoms with Crippen molar-refractivity contribution in [3.05, 3.63) is 12.7 Å². The number of urea groups is 1. The van der Waals surface area contributed by atoms with E-state index >= 15 is 0 Å². The number of carbonyl (C=O) groups excluding carboxylic acids is 1. The van der Waals surface area contributed by atoms with E-state index in [1.54, 1.807) is 6.08 Å². The number of amides is 2. The Labute approximate surface area is 104 Å². The van der Waals surface area contributed by atoms with Crippen molar-refractivity contribution in [3.8, 4) is 0 Å². The van der Waals surface area contributed by atoms with Gasteiger partial charge in [0.05, 0.1) is 0 Å². The van der Waals surface area contributed by atoms with Gasteiger partial charge in [-0.1, -0.05) is 25.3 Å². The third kappa shape index (κ3) is 3.76. The van der Waals surface area contributed by atoms with Crippen LogP contribution in [0.25, 0.3) is 0 Å². The molecular weight excluding hydrogens is 212 g/mol. The highest BCUT2D eigenvalue weighted by atomic mass is 16.2. The molecule has 2 aliphatic carbocycles. The van der Waals surface area contributed by atoms with Crippen LogP contribution in [0.2, 0.25) is 0 Å². The van der Waals surface area contributed by atoms with Crippen LogP contribution in [-0.4, -0.2) is 30.1 Å². The maximum absolute atomic E-state index is 12.1. The molecule has 0 radical (unpaired) electrons. The lowest BCUT2D eigenvalue weighted by Crippen LogP contribution is -2.47. The molecule has 2 aliphatic rings. The normalized spacial score (nSPS) is 20.9. The second-order valence-corrected chi connectivity index (χ2v) is 5.36. The molecular formula is C14H24N2O. The van der Waals surface area contributed by atoms with Crippen LogP contribution in [0.15, 0.2) is 12.7 Å². The summed E-state index contributed by atoms with van der Waals surface area (Å²) in [5, 5.41) is 2.93. The Bertz CT molecular complexity index is 267.